The second kappa shape index (κ2) is 5.51. The molecule has 1 saturated carbocycles. The number of methoxy groups -OCH3 is 1. The number of carbonyl (C=O) groups excluding carboxylic acids is 1. The fourth-order valence-corrected chi connectivity index (χ4v) is 2.48. The zero-order chi connectivity index (χ0) is 13.9. The third-order valence-corrected chi connectivity index (χ3v) is 3.98. The van der Waals surface area contributed by atoms with Crippen LogP contribution in [0, 0.1) is 5.92 Å². The van der Waals surface area contributed by atoms with Crippen LogP contribution in [-0.4, -0.2) is 18.6 Å². The fraction of sp³-hybridized carbons (Fsp3) is 0.533. The van der Waals surface area contributed by atoms with Gasteiger partial charge in [0.05, 0.1) is 7.11 Å². The Morgan fingerprint density at radius 3 is 2.47 bits per heavy atom. The molecule has 0 radical (unpaired) electrons. The monoisotopic (exact) mass is 262 g/mol. The van der Waals surface area contributed by atoms with Crippen LogP contribution in [0.15, 0.2) is 24.3 Å². The van der Waals surface area contributed by atoms with Crippen LogP contribution in [0.4, 0.5) is 5.69 Å². The molecule has 1 atom stereocenters. The van der Waals surface area contributed by atoms with E-state index in [2.05, 4.69) is 5.32 Å². The summed E-state index contributed by atoms with van der Waals surface area (Å²) in [6.45, 7) is 1.89. The van der Waals surface area contributed by atoms with Crippen molar-refractivity contribution in [2.75, 3.05) is 12.4 Å². The topological polar surface area (TPSA) is 64.3 Å². The van der Waals surface area contributed by atoms with E-state index in [1.165, 1.54) is 19.3 Å². The summed E-state index contributed by atoms with van der Waals surface area (Å²) in [5.41, 5.74) is 5.79. The molecule has 1 aromatic rings. The molecule has 0 heterocycles. The first kappa shape index (κ1) is 13.7. The predicted octanol–water partition coefficient (Wildman–Crippen LogP) is 2.54. The summed E-state index contributed by atoms with van der Waals surface area (Å²) in [4.78, 5) is 11.8. The third kappa shape index (κ3) is 3.19. The number of hydrogen-bond acceptors (Lipinski definition) is 3. The lowest BCUT2D eigenvalue weighted by Gasteiger charge is -2.36. The van der Waals surface area contributed by atoms with Crippen LogP contribution in [0.3, 0.4) is 0 Å². The van der Waals surface area contributed by atoms with Crippen molar-refractivity contribution in [3.63, 3.8) is 0 Å². The highest BCUT2D eigenvalue weighted by Crippen LogP contribution is 2.35. The van der Waals surface area contributed by atoms with Gasteiger partial charge < -0.3 is 15.8 Å². The van der Waals surface area contributed by atoms with Crippen molar-refractivity contribution in [2.45, 2.75) is 38.1 Å². The van der Waals surface area contributed by atoms with Crippen molar-refractivity contribution in [3.8, 4) is 5.75 Å². The van der Waals surface area contributed by atoms with Crippen molar-refractivity contribution in [1.82, 2.24) is 0 Å². The van der Waals surface area contributed by atoms with Gasteiger partial charge in [-0.1, -0.05) is 19.3 Å². The molecule has 0 aromatic heterocycles. The van der Waals surface area contributed by atoms with Crippen molar-refractivity contribution in [3.05, 3.63) is 24.3 Å². The Kier molecular flexibility index (Phi) is 3.98. The lowest BCUT2D eigenvalue weighted by molar-refractivity contribution is -0.122. The maximum Gasteiger partial charge on any atom is 0.242 e. The van der Waals surface area contributed by atoms with Crippen LogP contribution < -0.4 is 15.8 Å². The molecule has 1 aliphatic carbocycles. The summed E-state index contributed by atoms with van der Waals surface area (Å²) in [7, 11) is 1.63. The lowest BCUT2D eigenvalue weighted by Crippen LogP contribution is -2.49. The highest BCUT2D eigenvalue weighted by atomic mass is 16.5. The summed E-state index contributed by atoms with van der Waals surface area (Å²) in [6.07, 6.45) is 4.47. The maximum atomic E-state index is 11.8. The molecule has 0 saturated heterocycles. The summed E-state index contributed by atoms with van der Waals surface area (Å²) < 4.78 is 5.12. The zero-order valence-electron chi connectivity index (χ0n) is 11.6. The van der Waals surface area contributed by atoms with E-state index in [0.717, 1.165) is 17.9 Å². The molecule has 1 aromatic carbocycles. The SMILES string of the molecule is COc1ccc(NC(C)(CC2CCC2)C(N)=O)cc1. The molecule has 19 heavy (non-hydrogen) atoms. The van der Waals surface area contributed by atoms with Gasteiger partial charge in [-0.05, 0) is 43.5 Å². The minimum absolute atomic E-state index is 0.296. The average molecular weight is 262 g/mol. The Balaban J connectivity index is 2.07. The molecule has 1 amide bonds. The molecule has 0 bridgehead atoms. The first-order valence-corrected chi connectivity index (χ1v) is 6.75. The summed E-state index contributed by atoms with van der Waals surface area (Å²) in [6, 6.07) is 7.54. The number of benzene rings is 1. The van der Waals surface area contributed by atoms with E-state index < -0.39 is 5.54 Å². The van der Waals surface area contributed by atoms with Gasteiger partial charge >= 0.3 is 0 Å². The van der Waals surface area contributed by atoms with Gasteiger partial charge in [0.25, 0.3) is 0 Å². The molecule has 3 N–H and O–H groups in total. The minimum atomic E-state index is -0.681. The summed E-state index contributed by atoms with van der Waals surface area (Å²) >= 11 is 0. The number of nitrogens with one attached hydrogen (secondary N) is 1. The van der Waals surface area contributed by atoms with Gasteiger partial charge in [-0.15, -0.1) is 0 Å². The second-order valence-electron chi connectivity index (χ2n) is 5.55. The van der Waals surface area contributed by atoms with Crippen molar-refractivity contribution in [1.29, 1.82) is 0 Å². The first-order valence-electron chi connectivity index (χ1n) is 6.75. The molecule has 104 valence electrons. The highest BCUT2D eigenvalue weighted by Gasteiger charge is 2.35. The van der Waals surface area contributed by atoms with Crippen molar-refractivity contribution in [2.24, 2.45) is 11.7 Å². The van der Waals surface area contributed by atoms with Crippen LogP contribution in [0.25, 0.3) is 0 Å². The normalized spacial score (nSPS) is 18.2. The van der Waals surface area contributed by atoms with Gasteiger partial charge in [0, 0.05) is 5.69 Å². The second-order valence-corrected chi connectivity index (χ2v) is 5.55. The van der Waals surface area contributed by atoms with E-state index in [0.29, 0.717) is 5.92 Å². The molecule has 0 aliphatic heterocycles. The quantitative estimate of drug-likeness (QED) is 0.828. The van der Waals surface area contributed by atoms with E-state index in [-0.39, 0.29) is 5.91 Å². The predicted molar refractivity (Wildman–Crippen MR) is 76.2 cm³/mol. The molecule has 1 unspecified atom stereocenters. The molecule has 1 aliphatic rings. The molecular formula is C15H22N2O2. The van der Waals surface area contributed by atoms with Crippen molar-refractivity contribution < 1.29 is 9.53 Å². The van der Waals surface area contributed by atoms with Gasteiger partial charge in [0.1, 0.15) is 11.3 Å². The number of carbonyl (C=O) groups is 1. The Morgan fingerprint density at radius 1 is 1.42 bits per heavy atom. The Bertz CT molecular complexity index is 440. The average Bonchev–Trinajstić information content (AvgIpc) is 2.35. The number of amides is 1. The number of primary amides is 1. The van der Waals surface area contributed by atoms with Crippen LogP contribution in [-0.2, 0) is 4.79 Å². The van der Waals surface area contributed by atoms with Gasteiger partial charge in [0.2, 0.25) is 5.91 Å². The number of ether oxygens (including phenoxy) is 1. The molecule has 0 spiro atoms. The molecule has 2 rings (SSSR count). The first-order chi connectivity index (χ1) is 9.03. The van der Waals surface area contributed by atoms with Gasteiger partial charge in [-0.25, -0.2) is 0 Å². The van der Waals surface area contributed by atoms with Crippen LogP contribution >= 0.6 is 0 Å². The number of rotatable bonds is 6. The molecule has 4 heteroatoms. The van der Waals surface area contributed by atoms with E-state index in [9.17, 15) is 4.79 Å². The molecule has 1 fully saturated rings. The Labute approximate surface area is 114 Å². The van der Waals surface area contributed by atoms with Crippen LogP contribution in [0.2, 0.25) is 0 Å². The number of nitrogens with two attached hydrogens (primary N) is 1. The standard InChI is InChI=1S/C15H22N2O2/c1-15(14(16)18,10-11-4-3-5-11)17-12-6-8-13(19-2)9-7-12/h6-9,11,17H,3-5,10H2,1-2H3,(H2,16,18). The van der Waals surface area contributed by atoms with Crippen LogP contribution in [0.1, 0.15) is 32.6 Å². The highest BCUT2D eigenvalue weighted by molar-refractivity contribution is 5.87. The van der Waals surface area contributed by atoms with Gasteiger partial charge in [-0.3, -0.25) is 4.79 Å². The van der Waals surface area contributed by atoms with E-state index in [1.54, 1.807) is 7.11 Å². The third-order valence-electron chi connectivity index (χ3n) is 3.98. The summed E-state index contributed by atoms with van der Waals surface area (Å²) in [5.74, 6) is 1.11. The lowest BCUT2D eigenvalue weighted by atomic mass is 9.76. The van der Waals surface area contributed by atoms with E-state index in [1.807, 2.05) is 31.2 Å². The van der Waals surface area contributed by atoms with Crippen molar-refractivity contribution >= 4 is 11.6 Å². The Hall–Kier alpha value is -1.71. The minimum Gasteiger partial charge on any atom is -0.497 e. The van der Waals surface area contributed by atoms with Gasteiger partial charge in [0.15, 0.2) is 0 Å². The zero-order valence-corrected chi connectivity index (χ0v) is 11.6. The summed E-state index contributed by atoms with van der Waals surface area (Å²) in [5, 5.41) is 3.28. The number of anilines is 1. The fourth-order valence-electron chi connectivity index (χ4n) is 2.48. The Morgan fingerprint density at radius 2 is 2.05 bits per heavy atom. The maximum absolute atomic E-state index is 11.8. The van der Waals surface area contributed by atoms with E-state index in [4.69, 9.17) is 10.5 Å². The largest absolute Gasteiger partial charge is 0.497 e. The van der Waals surface area contributed by atoms with Gasteiger partial charge in [-0.2, -0.15) is 0 Å². The molecular weight excluding hydrogens is 240 g/mol. The molecule has 4 nitrogen and oxygen atoms in total. The number of hydrogen-bond donors (Lipinski definition) is 2. The van der Waals surface area contributed by atoms with Crippen LogP contribution in [0.5, 0.6) is 5.75 Å². The van der Waals surface area contributed by atoms with E-state index >= 15 is 0 Å². The smallest absolute Gasteiger partial charge is 0.242 e.